The standard InChI is InChI=1S/C16H21ClO/c1-12(5-10-15(18)11-17)13-6-8-14(9-7-13)16(2,3)4/h6-9H,1,5,10-11H2,2-4H3. The van der Waals surface area contributed by atoms with Gasteiger partial charge in [0.1, 0.15) is 5.78 Å². The Labute approximate surface area is 115 Å². The first kappa shape index (κ1) is 15.0. The van der Waals surface area contributed by atoms with Crippen LogP contribution in [-0.2, 0) is 10.2 Å². The molecule has 18 heavy (non-hydrogen) atoms. The Bertz CT molecular complexity index is 423. The van der Waals surface area contributed by atoms with Crippen LogP contribution in [0.3, 0.4) is 0 Å². The van der Waals surface area contributed by atoms with Gasteiger partial charge in [0.25, 0.3) is 0 Å². The fraction of sp³-hybridized carbons (Fsp3) is 0.438. The summed E-state index contributed by atoms with van der Waals surface area (Å²) >= 11 is 5.47. The molecule has 1 nitrogen and oxygen atoms in total. The molecule has 1 aromatic rings. The van der Waals surface area contributed by atoms with Crippen molar-refractivity contribution in [2.45, 2.75) is 39.0 Å². The quantitative estimate of drug-likeness (QED) is 0.711. The summed E-state index contributed by atoms with van der Waals surface area (Å²) < 4.78 is 0. The van der Waals surface area contributed by atoms with E-state index in [-0.39, 0.29) is 17.1 Å². The SMILES string of the molecule is C=C(CCC(=O)CCl)c1ccc(C(C)(C)C)cc1. The molecule has 0 aliphatic heterocycles. The number of carbonyl (C=O) groups excluding carboxylic acids is 1. The largest absolute Gasteiger partial charge is 0.298 e. The first-order chi connectivity index (χ1) is 8.34. The van der Waals surface area contributed by atoms with Gasteiger partial charge in [-0.2, -0.15) is 0 Å². The van der Waals surface area contributed by atoms with Gasteiger partial charge < -0.3 is 0 Å². The summed E-state index contributed by atoms with van der Waals surface area (Å²) in [5.41, 5.74) is 3.56. The molecule has 0 heterocycles. The highest BCUT2D eigenvalue weighted by atomic mass is 35.5. The highest BCUT2D eigenvalue weighted by molar-refractivity contribution is 6.27. The summed E-state index contributed by atoms with van der Waals surface area (Å²) in [6, 6.07) is 8.41. The molecule has 2 heteroatoms. The molecule has 0 unspecified atom stereocenters. The first-order valence-electron chi connectivity index (χ1n) is 6.21. The van der Waals surface area contributed by atoms with Crippen molar-refractivity contribution >= 4 is 23.0 Å². The molecule has 0 bridgehead atoms. The van der Waals surface area contributed by atoms with E-state index < -0.39 is 0 Å². The Kier molecular flexibility index (Phi) is 5.15. The zero-order valence-electron chi connectivity index (χ0n) is 11.4. The molecule has 0 aromatic heterocycles. The Morgan fingerprint density at radius 2 is 1.72 bits per heavy atom. The van der Waals surface area contributed by atoms with E-state index in [9.17, 15) is 4.79 Å². The van der Waals surface area contributed by atoms with Gasteiger partial charge in [0.05, 0.1) is 5.88 Å². The average Bonchev–Trinajstić information content (AvgIpc) is 2.34. The number of carbonyl (C=O) groups is 1. The van der Waals surface area contributed by atoms with Gasteiger partial charge in [0.15, 0.2) is 0 Å². The second-order valence-electron chi connectivity index (χ2n) is 5.60. The topological polar surface area (TPSA) is 17.1 Å². The normalized spacial score (nSPS) is 11.3. The predicted octanol–water partition coefficient (Wildman–Crippen LogP) is 4.59. The van der Waals surface area contributed by atoms with Crippen LogP contribution in [0.5, 0.6) is 0 Å². The Balaban J connectivity index is 2.68. The molecule has 0 radical (unpaired) electrons. The maximum Gasteiger partial charge on any atom is 0.147 e. The van der Waals surface area contributed by atoms with E-state index in [1.165, 1.54) is 5.56 Å². The number of ketones is 1. The number of hydrogen-bond acceptors (Lipinski definition) is 1. The first-order valence-corrected chi connectivity index (χ1v) is 6.74. The van der Waals surface area contributed by atoms with Crippen LogP contribution in [-0.4, -0.2) is 11.7 Å². The van der Waals surface area contributed by atoms with Gasteiger partial charge in [0, 0.05) is 6.42 Å². The number of benzene rings is 1. The van der Waals surface area contributed by atoms with Crippen LogP contribution < -0.4 is 0 Å². The Morgan fingerprint density at radius 3 is 2.17 bits per heavy atom. The van der Waals surface area contributed by atoms with Crippen LogP contribution in [0.1, 0.15) is 44.7 Å². The third-order valence-corrected chi connectivity index (χ3v) is 3.31. The van der Waals surface area contributed by atoms with Crippen molar-refractivity contribution in [1.29, 1.82) is 0 Å². The van der Waals surface area contributed by atoms with Crippen LogP contribution in [0.15, 0.2) is 30.8 Å². The lowest BCUT2D eigenvalue weighted by Crippen LogP contribution is -2.10. The summed E-state index contributed by atoms with van der Waals surface area (Å²) in [5, 5.41) is 0. The monoisotopic (exact) mass is 264 g/mol. The maximum atomic E-state index is 11.2. The molecule has 0 amide bonds. The minimum atomic E-state index is 0.0733. The summed E-state index contributed by atoms with van der Waals surface area (Å²) in [5.74, 6) is 0.167. The van der Waals surface area contributed by atoms with E-state index in [4.69, 9.17) is 11.6 Å². The molecule has 0 aliphatic rings. The summed E-state index contributed by atoms with van der Waals surface area (Å²) in [7, 11) is 0. The second kappa shape index (κ2) is 6.19. The van der Waals surface area contributed by atoms with Crippen LogP contribution in [0.25, 0.3) is 5.57 Å². The van der Waals surface area contributed by atoms with Crippen molar-refractivity contribution in [2.24, 2.45) is 0 Å². The Morgan fingerprint density at radius 1 is 1.17 bits per heavy atom. The zero-order valence-corrected chi connectivity index (χ0v) is 12.2. The maximum absolute atomic E-state index is 11.2. The van der Waals surface area contributed by atoms with Crippen molar-refractivity contribution < 1.29 is 4.79 Å². The third kappa shape index (κ3) is 4.30. The predicted molar refractivity (Wildman–Crippen MR) is 79.1 cm³/mol. The molecule has 0 spiro atoms. The molecule has 1 aromatic carbocycles. The van der Waals surface area contributed by atoms with Crippen LogP contribution in [0.4, 0.5) is 0 Å². The molecule has 0 saturated heterocycles. The lowest BCUT2D eigenvalue weighted by atomic mass is 9.86. The van der Waals surface area contributed by atoms with E-state index in [1.807, 2.05) is 0 Å². The number of Topliss-reactive ketones (excluding diaryl/α,β-unsaturated/α-hetero) is 1. The molecule has 0 saturated carbocycles. The van der Waals surface area contributed by atoms with Crippen LogP contribution in [0.2, 0.25) is 0 Å². The van der Waals surface area contributed by atoms with E-state index >= 15 is 0 Å². The third-order valence-electron chi connectivity index (χ3n) is 3.01. The lowest BCUT2D eigenvalue weighted by molar-refractivity contribution is -0.116. The van der Waals surface area contributed by atoms with Gasteiger partial charge in [-0.1, -0.05) is 51.6 Å². The van der Waals surface area contributed by atoms with Gasteiger partial charge in [-0.05, 0) is 28.5 Å². The number of hydrogen-bond donors (Lipinski definition) is 0. The molecule has 98 valence electrons. The summed E-state index contributed by atoms with van der Waals surface area (Å²) in [4.78, 5) is 11.2. The highest BCUT2D eigenvalue weighted by Gasteiger charge is 2.13. The van der Waals surface area contributed by atoms with E-state index in [0.29, 0.717) is 12.8 Å². The molecular weight excluding hydrogens is 244 g/mol. The van der Waals surface area contributed by atoms with Crippen LogP contribution >= 0.6 is 11.6 Å². The minimum absolute atomic E-state index is 0.0733. The van der Waals surface area contributed by atoms with Crippen LogP contribution in [0, 0.1) is 0 Å². The highest BCUT2D eigenvalue weighted by Crippen LogP contribution is 2.25. The Hall–Kier alpha value is -1.08. The number of allylic oxidation sites excluding steroid dienone is 1. The fourth-order valence-corrected chi connectivity index (χ4v) is 1.84. The van der Waals surface area contributed by atoms with Crippen molar-refractivity contribution in [2.75, 3.05) is 5.88 Å². The average molecular weight is 265 g/mol. The fourth-order valence-electron chi connectivity index (χ4n) is 1.71. The van der Waals surface area contributed by atoms with Gasteiger partial charge >= 0.3 is 0 Å². The van der Waals surface area contributed by atoms with Gasteiger partial charge in [-0.15, -0.1) is 11.6 Å². The van der Waals surface area contributed by atoms with Crippen molar-refractivity contribution in [3.63, 3.8) is 0 Å². The second-order valence-corrected chi connectivity index (χ2v) is 5.87. The molecule has 0 atom stereocenters. The lowest BCUT2D eigenvalue weighted by Gasteiger charge is -2.19. The molecular formula is C16H21ClO. The van der Waals surface area contributed by atoms with E-state index in [2.05, 4.69) is 51.6 Å². The van der Waals surface area contributed by atoms with Crippen molar-refractivity contribution in [3.05, 3.63) is 42.0 Å². The molecule has 1 rings (SSSR count). The van der Waals surface area contributed by atoms with Crippen molar-refractivity contribution in [3.8, 4) is 0 Å². The number of alkyl halides is 1. The zero-order chi connectivity index (χ0) is 13.8. The van der Waals surface area contributed by atoms with Gasteiger partial charge in [-0.25, -0.2) is 0 Å². The number of halogens is 1. The van der Waals surface area contributed by atoms with Gasteiger partial charge in [-0.3, -0.25) is 4.79 Å². The van der Waals surface area contributed by atoms with Crippen molar-refractivity contribution in [1.82, 2.24) is 0 Å². The van der Waals surface area contributed by atoms with E-state index in [1.54, 1.807) is 0 Å². The summed E-state index contributed by atoms with van der Waals surface area (Å²) in [6.07, 6.45) is 1.16. The smallest absolute Gasteiger partial charge is 0.147 e. The summed E-state index contributed by atoms with van der Waals surface area (Å²) in [6.45, 7) is 10.6. The number of rotatable bonds is 5. The minimum Gasteiger partial charge on any atom is -0.298 e. The van der Waals surface area contributed by atoms with Gasteiger partial charge in [0.2, 0.25) is 0 Å². The molecule has 0 N–H and O–H groups in total. The molecule has 0 aliphatic carbocycles. The van der Waals surface area contributed by atoms with E-state index in [0.717, 1.165) is 11.1 Å². The molecule has 0 fully saturated rings.